The summed E-state index contributed by atoms with van der Waals surface area (Å²) in [5, 5.41) is 0. The minimum absolute atomic E-state index is 0.00282. The second-order valence-corrected chi connectivity index (χ2v) is 12.1. The Bertz CT molecular complexity index is 1350. The van der Waals surface area contributed by atoms with Gasteiger partial charge >= 0.3 is 0 Å². The highest BCUT2D eigenvalue weighted by atomic mass is 14.3. The minimum atomic E-state index is -0.00282. The van der Waals surface area contributed by atoms with Gasteiger partial charge in [-0.05, 0) is 105 Å². The second-order valence-electron chi connectivity index (χ2n) is 12.1. The summed E-state index contributed by atoms with van der Waals surface area (Å²) in [5.74, 6) is 7.23. The molecule has 198 valence electrons. The highest BCUT2D eigenvalue weighted by Crippen LogP contribution is 2.41. The number of hydrogen-bond donors (Lipinski definition) is 0. The van der Waals surface area contributed by atoms with Crippen LogP contribution < -0.4 is 0 Å². The zero-order chi connectivity index (χ0) is 27.3. The summed E-state index contributed by atoms with van der Waals surface area (Å²) in [4.78, 5) is 0. The first-order chi connectivity index (χ1) is 18.2. The van der Waals surface area contributed by atoms with E-state index in [4.69, 9.17) is 0 Å². The minimum Gasteiger partial charge on any atom is -0.0998 e. The first-order valence-corrected chi connectivity index (χ1v) is 14.7. The normalized spacial score (nSPS) is 15.0. The van der Waals surface area contributed by atoms with Gasteiger partial charge in [0.05, 0.1) is 0 Å². The Hall–Kier alpha value is -3.04. The molecule has 0 amide bonds. The van der Waals surface area contributed by atoms with Crippen molar-refractivity contribution in [1.82, 2.24) is 0 Å². The highest BCUT2D eigenvalue weighted by Gasteiger charge is 2.31. The van der Waals surface area contributed by atoms with Crippen LogP contribution in [0, 0.1) is 31.1 Å². The SMILES string of the molecule is C=C(C)Cc1cccc(-c2ccc(C(CC)(CC)c3ccc(C#CC4(C)CCCCC4)c(C)c3)cc2C)c1. The fourth-order valence-electron chi connectivity index (χ4n) is 6.49. The molecular formula is C38H46. The third-order valence-corrected chi connectivity index (χ3v) is 8.97. The monoisotopic (exact) mass is 502 g/mol. The fraction of sp³-hybridized carbons (Fsp3) is 0.421. The van der Waals surface area contributed by atoms with Gasteiger partial charge in [-0.3, -0.25) is 0 Å². The number of allylic oxidation sites excluding steroid dienone is 1. The van der Waals surface area contributed by atoms with Crippen LogP contribution in [-0.2, 0) is 11.8 Å². The molecule has 4 rings (SSSR count). The van der Waals surface area contributed by atoms with Crippen molar-refractivity contribution in [3.8, 4) is 23.0 Å². The van der Waals surface area contributed by atoms with Crippen molar-refractivity contribution in [3.05, 3.63) is 106 Å². The molecule has 0 nitrogen and oxygen atoms in total. The summed E-state index contributed by atoms with van der Waals surface area (Å²) < 4.78 is 0. The van der Waals surface area contributed by atoms with Crippen LogP contribution in [0.2, 0.25) is 0 Å². The van der Waals surface area contributed by atoms with Crippen molar-refractivity contribution >= 4 is 0 Å². The molecule has 38 heavy (non-hydrogen) atoms. The predicted octanol–water partition coefficient (Wildman–Crippen LogP) is 10.5. The average molecular weight is 503 g/mol. The van der Waals surface area contributed by atoms with Crippen molar-refractivity contribution in [3.63, 3.8) is 0 Å². The van der Waals surface area contributed by atoms with Crippen LogP contribution in [0.25, 0.3) is 11.1 Å². The van der Waals surface area contributed by atoms with Gasteiger partial charge in [0.1, 0.15) is 0 Å². The van der Waals surface area contributed by atoms with Gasteiger partial charge in [-0.2, -0.15) is 0 Å². The highest BCUT2D eigenvalue weighted by molar-refractivity contribution is 5.69. The van der Waals surface area contributed by atoms with E-state index in [1.54, 1.807) is 0 Å². The van der Waals surface area contributed by atoms with E-state index in [0.717, 1.165) is 19.3 Å². The molecule has 0 spiro atoms. The maximum Gasteiger partial charge on any atom is 0.0290 e. The Morgan fingerprint density at radius 3 is 2.13 bits per heavy atom. The summed E-state index contributed by atoms with van der Waals surface area (Å²) in [6, 6.07) is 23.1. The second kappa shape index (κ2) is 11.8. The molecule has 3 aromatic carbocycles. The van der Waals surface area contributed by atoms with Crippen LogP contribution in [0.3, 0.4) is 0 Å². The van der Waals surface area contributed by atoms with Crippen molar-refractivity contribution in [2.75, 3.05) is 0 Å². The molecule has 1 saturated carbocycles. The first kappa shape index (κ1) is 28.0. The lowest BCUT2D eigenvalue weighted by molar-refractivity contribution is 0.299. The van der Waals surface area contributed by atoms with Crippen LogP contribution in [0.4, 0.5) is 0 Å². The van der Waals surface area contributed by atoms with Gasteiger partial charge < -0.3 is 0 Å². The van der Waals surface area contributed by atoms with Gasteiger partial charge in [0.15, 0.2) is 0 Å². The number of hydrogen-bond acceptors (Lipinski definition) is 0. The van der Waals surface area contributed by atoms with Crippen LogP contribution >= 0.6 is 0 Å². The summed E-state index contributed by atoms with van der Waals surface area (Å²) in [5.41, 5.74) is 11.9. The molecule has 0 heteroatoms. The van der Waals surface area contributed by atoms with E-state index in [1.807, 2.05) is 0 Å². The lowest BCUT2D eigenvalue weighted by atomic mass is 9.69. The molecule has 0 N–H and O–H groups in total. The molecule has 0 heterocycles. The van der Waals surface area contributed by atoms with E-state index in [1.165, 1.54) is 82.2 Å². The van der Waals surface area contributed by atoms with Crippen LogP contribution in [0.1, 0.15) is 106 Å². The Morgan fingerprint density at radius 2 is 1.53 bits per heavy atom. The van der Waals surface area contributed by atoms with E-state index in [2.05, 4.69) is 121 Å². The maximum absolute atomic E-state index is 4.10. The molecule has 0 bridgehead atoms. The Balaban J connectivity index is 1.67. The molecule has 0 radical (unpaired) electrons. The van der Waals surface area contributed by atoms with E-state index >= 15 is 0 Å². The number of aryl methyl sites for hydroxylation is 2. The first-order valence-electron chi connectivity index (χ1n) is 14.7. The molecule has 0 atom stereocenters. The van der Waals surface area contributed by atoms with Gasteiger partial charge in [0, 0.05) is 16.4 Å². The van der Waals surface area contributed by atoms with Crippen LogP contribution in [0.15, 0.2) is 72.8 Å². The molecule has 1 fully saturated rings. The predicted molar refractivity (Wildman–Crippen MR) is 166 cm³/mol. The van der Waals surface area contributed by atoms with Gasteiger partial charge in [-0.15, -0.1) is 0 Å². The molecule has 0 unspecified atom stereocenters. The lowest BCUT2D eigenvalue weighted by Crippen LogP contribution is -2.26. The molecule has 1 aliphatic carbocycles. The maximum atomic E-state index is 4.10. The number of benzene rings is 3. The average Bonchev–Trinajstić information content (AvgIpc) is 2.89. The summed E-state index contributed by atoms with van der Waals surface area (Å²) in [6.07, 6.45) is 9.53. The Morgan fingerprint density at radius 1 is 0.868 bits per heavy atom. The van der Waals surface area contributed by atoms with E-state index in [-0.39, 0.29) is 10.8 Å². The molecular weight excluding hydrogens is 456 g/mol. The van der Waals surface area contributed by atoms with E-state index < -0.39 is 0 Å². The van der Waals surface area contributed by atoms with Crippen LogP contribution in [-0.4, -0.2) is 0 Å². The van der Waals surface area contributed by atoms with Gasteiger partial charge in [-0.25, -0.2) is 0 Å². The van der Waals surface area contributed by atoms with Gasteiger partial charge in [0.25, 0.3) is 0 Å². The molecule has 3 aromatic rings. The summed E-state index contributed by atoms with van der Waals surface area (Å²) >= 11 is 0. The van der Waals surface area contributed by atoms with E-state index in [9.17, 15) is 0 Å². The van der Waals surface area contributed by atoms with Gasteiger partial charge in [-0.1, -0.05) is 112 Å². The van der Waals surface area contributed by atoms with Crippen LogP contribution in [0.5, 0.6) is 0 Å². The number of rotatable bonds is 7. The van der Waals surface area contributed by atoms with Crippen molar-refractivity contribution in [1.29, 1.82) is 0 Å². The smallest absolute Gasteiger partial charge is 0.0290 e. The zero-order valence-electron chi connectivity index (χ0n) is 24.6. The largest absolute Gasteiger partial charge is 0.0998 e. The van der Waals surface area contributed by atoms with Crippen molar-refractivity contribution in [2.24, 2.45) is 5.41 Å². The Labute approximate surface area is 232 Å². The lowest BCUT2D eigenvalue weighted by Gasteiger charge is -2.34. The Kier molecular flexibility index (Phi) is 8.67. The van der Waals surface area contributed by atoms with E-state index in [0.29, 0.717) is 0 Å². The fourth-order valence-corrected chi connectivity index (χ4v) is 6.49. The van der Waals surface area contributed by atoms with Crippen molar-refractivity contribution in [2.45, 2.75) is 98.3 Å². The zero-order valence-corrected chi connectivity index (χ0v) is 24.6. The third-order valence-electron chi connectivity index (χ3n) is 8.97. The molecule has 0 aromatic heterocycles. The molecule has 1 aliphatic rings. The molecule has 0 aliphatic heterocycles. The summed E-state index contributed by atoms with van der Waals surface area (Å²) in [7, 11) is 0. The topological polar surface area (TPSA) is 0 Å². The van der Waals surface area contributed by atoms with Crippen molar-refractivity contribution < 1.29 is 0 Å². The quantitative estimate of drug-likeness (QED) is 0.223. The molecule has 0 saturated heterocycles. The summed E-state index contributed by atoms with van der Waals surface area (Å²) in [6.45, 7) is 17.7. The van der Waals surface area contributed by atoms with Gasteiger partial charge in [0.2, 0.25) is 0 Å². The third kappa shape index (κ3) is 5.99. The standard InChI is InChI=1S/C38H46/c1-8-38(9-2,34-17-16-32(29(5)25-34)20-23-37(7)21-11-10-12-22-37)35-18-19-36(30(6)26-35)33-15-13-14-31(27-33)24-28(3)4/h13-19,25-27H,3,8-12,21-22,24H2,1-2,4-7H3.